The van der Waals surface area contributed by atoms with E-state index in [2.05, 4.69) is 33.5 Å². The molecular weight excluding hydrogens is 304 g/mol. The average Bonchev–Trinajstić information content (AvgIpc) is 2.68. The van der Waals surface area contributed by atoms with Crippen molar-refractivity contribution in [2.45, 2.75) is 6.92 Å². The van der Waals surface area contributed by atoms with E-state index in [1.807, 2.05) is 0 Å². The van der Waals surface area contributed by atoms with E-state index >= 15 is 0 Å². The van der Waals surface area contributed by atoms with Crippen molar-refractivity contribution in [3.63, 3.8) is 0 Å². The molecule has 0 aromatic heterocycles. The van der Waals surface area contributed by atoms with Crippen LogP contribution in [0.15, 0.2) is 22.7 Å². The summed E-state index contributed by atoms with van der Waals surface area (Å²) in [5.41, 5.74) is 0.763. The molecule has 92 valence electrons. The number of carbonyl (C=O) groups excluding carboxylic acids is 1. The highest BCUT2D eigenvalue weighted by Crippen LogP contribution is 2.27. The molecule has 1 heterocycles. The summed E-state index contributed by atoms with van der Waals surface area (Å²) in [6, 6.07) is 5.34. The molecule has 2 rings (SSSR count). The molecule has 1 aliphatic heterocycles. The van der Waals surface area contributed by atoms with Gasteiger partial charge in [-0.2, -0.15) is 0 Å². The maximum Gasteiger partial charge on any atom is 0.229 e. The van der Waals surface area contributed by atoms with Crippen molar-refractivity contribution in [1.82, 2.24) is 5.32 Å². The van der Waals surface area contributed by atoms with Gasteiger partial charge in [0.05, 0.1) is 11.6 Å². The van der Waals surface area contributed by atoms with Crippen molar-refractivity contribution in [1.29, 1.82) is 0 Å². The van der Waals surface area contributed by atoms with Gasteiger partial charge in [-0.1, -0.05) is 18.5 Å². The molecule has 1 aromatic carbocycles. The van der Waals surface area contributed by atoms with Gasteiger partial charge in [0.2, 0.25) is 5.91 Å². The number of carbonyl (C=O) groups is 1. The van der Waals surface area contributed by atoms with Gasteiger partial charge < -0.3 is 10.6 Å². The van der Waals surface area contributed by atoms with E-state index < -0.39 is 0 Å². The molecule has 1 aliphatic rings. The van der Waals surface area contributed by atoms with Crippen LogP contribution in [0.25, 0.3) is 0 Å². The normalized spacial score (nSPS) is 23.7. The van der Waals surface area contributed by atoms with E-state index in [0.29, 0.717) is 10.9 Å². The molecule has 0 spiro atoms. The quantitative estimate of drug-likeness (QED) is 0.880. The predicted molar refractivity (Wildman–Crippen MR) is 73.3 cm³/mol. The molecule has 1 saturated heterocycles. The Balaban J connectivity index is 2.07. The minimum absolute atomic E-state index is 0.0394. The first-order valence-corrected chi connectivity index (χ1v) is 6.71. The lowest BCUT2D eigenvalue weighted by molar-refractivity contribution is -0.120. The summed E-state index contributed by atoms with van der Waals surface area (Å²) in [7, 11) is 0. The molecule has 0 radical (unpaired) electrons. The topological polar surface area (TPSA) is 41.1 Å². The molecule has 1 aromatic rings. The Labute approximate surface area is 114 Å². The van der Waals surface area contributed by atoms with Gasteiger partial charge in [-0.15, -0.1) is 0 Å². The van der Waals surface area contributed by atoms with E-state index in [0.717, 1.165) is 23.2 Å². The van der Waals surface area contributed by atoms with Crippen LogP contribution in [0.5, 0.6) is 0 Å². The van der Waals surface area contributed by atoms with Crippen molar-refractivity contribution < 1.29 is 4.79 Å². The number of halogens is 2. The lowest BCUT2D eigenvalue weighted by Crippen LogP contribution is -2.27. The summed E-state index contributed by atoms with van der Waals surface area (Å²) in [4.78, 5) is 12.1. The van der Waals surface area contributed by atoms with Crippen LogP contribution in [0.3, 0.4) is 0 Å². The van der Waals surface area contributed by atoms with Crippen LogP contribution >= 0.6 is 27.5 Å². The number of benzene rings is 1. The molecule has 2 N–H and O–H groups in total. The smallest absolute Gasteiger partial charge is 0.229 e. The van der Waals surface area contributed by atoms with E-state index in [1.54, 1.807) is 18.2 Å². The van der Waals surface area contributed by atoms with Crippen LogP contribution in [0.1, 0.15) is 6.92 Å². The number of rotatable bonds is 2. The fourth-order valence-electron chi connectivity index (χ4n) is 1.98. The summed E-state index contributed by atoms with van der Waals surface area (Å²) in [5.74, 6) is 0.476. The second kappa shape index (κ2) is 5.38. The predicted octanol–water partition coefficient (Wildman–Crippen LogP) is 2.90. The fraction of sp³-hybridized carbons (Fsp3) is 0.417. The van der Waals surface area contributed by atoms with E-state index in [-0.39, 0.29) is 11.8 Å². The second-order valence-corrected chi connectivity index (χ2v) is 5.65. The molecule has 0 saturated carbocycles. The van der Waals surface area contributed by atoms with Crippen molar-refractivity contribution >= 4 is 39.1 Å². The Morgan fingerprint density at radius 3 is 2.88 bits per heavy atom. The van der Waals surface area contributed by atoms with E-state index in [9.17, 15) is 4.79 Å². The summed E-state index contributed by atoms with van der Waals surface area (Å²) in [5, 5.41) is 6.79. The fourth-order valence-corrected chi connectivity index (χ4v) is 2.76. The van der Waals surface area contributed by atoms with Crippen LogP contribution in [-0.2, 0) is 4.79 Å². The Bertz CT molecular complexity index is 439. The number of hydrogen-bond acceptors (Lipinski definition) is 2. The summed E-state index contributed by atoms with van der Waals surface area (Å²) in [6.07, 6.45) is 0. The highest BCUT2D eigenvalue weighted by Gasteiger charge is 2.29. The molecule has 3 nitrogen and oxygen atoms in total. The largest absolute Gasteiger partial charge is 0.325 e. The summed E-state index contributed by atoms with van der Waals surface area (Å²) < 4.78 is 0.803. The minimum atomic E-state index is 0.0394. The van der Waals surface area contributed by atoms with Crippen molar-refractivity contribution in [3.8, 4) is 0 Å². The number of anilines is 1. The molecule has 0 aliphatic carbocycles. The second-order valence-electron chi connectivity index (χ2n) is 4.36. The van der Waals surface area contributed by atoms with Gasteiger partial charge in [-0.3, -0.25) is 4.79 Å². The van der Waals surface area contributed by atoms with Crippen LogP contribution in [0.2, 0.25) is 5.02 Å². The number of nitrogens with one attached hydrogen (secondary N) is 2. The minimum Gasteiger partial charge on any atom is -0.325 e. The molecule has 17 heavy (non-hydrogen) atoms. The third kappa shape index (κ3) is 3.00. The third-order valence-electron chi connectivity index (χ3n) is 3.04. The van der Waals surface area contributed by atoms with Crippen LogP contribution in [-0.4, -0.2) is 19.0 Å². The molecule has 0 bridgehead atoms. The Morgan fingerprint density at radius 2 is 2.29 bits per heavy atom. The maximum absolute atomic E-state index is 12.1. The molecular formula is C12H14BrClN2O. The first-order chi connectivity index (χ1) is 8.08. The van der Waals surface area contributed by atoms with Crippen LogP contribution in [0.4, 0.5) is 5.69 Å². The van der Waals surface area contributed by atoms with Gasteiger partial charge in [-0.05, 0) is 46.6 Å². The van der Waals surface area contributed by atoms with E-state index in [1.165, 1.54) is 0 Å². The van der Waals surface area contributed by atoms with Gasteiger partial charge in [0.15, 0.2) is 0 Å². The average molecular weight is 318 g/mol. The zero-order valence-corrected chi connectivity index (χ0v) is 11.8. The molecule has 1 amide bonds. The number of hydrogen-bond donors (Lipinski definition) is 2. The third-order valence-corrected chi connectivity index (χ3v) is 3.93. The van der Waals surface area contributed by atoms with Crippen LogP contribution in [0, 0.1) is 11.8 Å². The molecule has 5 heteroatoms. The Kier molecular flexibility index (Phi) is 4.07. The maximum atomic E-state index is 12.1. The SMILES string of the molecule is C[C@@H]1CNC[C@H]1C(=O)Nc1ccc(Cl)cc1Br. The van der Waals surface area contributed by atoms with Crippen molar-refractivity contribution in [2.75, 3.05) is 18.4 Å². The van der Waals surface area contributed by atoms with Crippen molar-refractivity contribution in [2.24, 2.45) is 11.8 Å². The highest BCUT2D eigenvalue weighted by molar-refractivity contribution is 9.10. The van der Waals surface area contributed by atoms with Gasteiger partial charge in [0, 0.05) is 16.0 Å². The standard InChI is InChI=1S/C12H14BrClN2O/c1-7-5-15-6-9(7)12(17)16-11-3-2-8(14)4-10(11)13/h2-4,7,9,15H,5-6H2,1H3,(H,16,17)/t7-,9-/m1/s1. The molecule has 0 unspecified atom stereocenters. The Morgan fingerprint density at radius 1 is 1.53 bits per heavy atom. The first-order valence-electron chi connectivity index (χ1n) is 5.54. The summed E-state index contributed by atoms with van der Waals surface area (Å²) >= 11 is 9.24. The zero-order chi connectivity index (χ0) is 12.4. The first kappa shape index (κ1) is 12.9. The van der Waals surface area contributed by atoms with Gasteiger partial charge >= 0.3 is 0 Å². The lowest BCUT2D eigenvalue weighted by Gasteiger charge is -2.15. The van der Waals surface area contributed by atoms with Gasteiger partial charge in [0.25, 0.3) is 0 Å². The van der Waals surface area contributed by atoms with Crippen molar-refractivity contribution in [3.05, 3.63) is 27.7 Å². The van der Waals surface area contributed by atoms with Crippen LogP contribution < -0.4 is 10.6 Å². The number of amides is 1. The lowest BCUT2D eigenvalue weighted by atomic mass is 9.97. The Hall–Kier alpha value is -0.580. The molecule has 2 atom stereocenters. The highest BCUT2D eigenvalue weighted by atomic mass is 79.9. The molecule has 1 fully saturated rings. The van der Waals surface area contributed by atoms with E-state index in [4.69, 9.17) is 11.6 Å². The van der Waals surface area contributed by atoms with Gasteiger partial charge in [0.1, 0.15) is 0 Å². The van der Waals surface area contributed by atoms with Gasteiger partial charge in [-0.25, -0.2) is 0 Å². The monoisotopic (exact) mass is 316 g/mol. The summed E-state index contributed by atoms with van der Waals surface area (Å²) in [6.45, 7) is 3.74. The zero-order valence-electron chi connectivity index (χ0n) is 9.47.